The Kier molecular flexibility index (Phi) is 10.8. The molecule has 0 radical (unpaired) electrons. The molecule has 0 amide bonds. The third-order valence-corrected chi connectivity index (χ3v) is 9.25. The molecular weight excluding hydrogens is 550 g/mol. The van der Waals surface area contributed by atoms with E-state index in [1.54, 1.807) is 13.8 Å². The number of rotatable bonds is 11. The summed E-state index contributed by atoms with van der Waals surface area (Å²) in [6.07, 6.45) is 4.95. The molecule has 0 atom stereocenters. The molecule has 4 N–H and O–H groups in total. The fourth-order valence-electron chi connectivity index (χ4n) is 4.61. The topological polar surface area (TPSA) is 135 Å². The van der Waals surface area contributed by atoms with Crippen molar-refractivity contribution in [1.29, 1.82) is 0 Å². The van der Waals surface area contributed by atoms with Crippen molar-refractivity contribution in [1.82, 2.24) is 14.9 Å². The van der Waals surface area contributed by atoms with Crippen LogP contribution in [-0.4, -0.2) is 67.5 Å². The van der Waals surface area contributed by atoms with Gasteiger partial charge in [-0.2, -0.15) is 4.98 Å². The highest BCUT2D eigenvalue weighted by Crippen LogP contribution is 2.38. The minimum absolute atomic E-state index is 0.0340. The Morgan fingerprint density at radius 2 is 1.95 bits per heavy atom. The molecule has 0 bridgehead atoms. The molecule has 10 nitrogen and oxygen atoms in total. The van der Waals surface area contributed by atoms with Crippen molar-refractivity contribution < 1.29 is 13.2 Å². The van der Waals surface area contributed by atoms with Gasteiger partial charge in [0.2, 0.25) is 5.95 Å². The summed E-state index contributed by atoms with van der Waals surface area (Å²) in [5.74, 6) is 1.62. The summed E-state index contributed by atoms with van der Waals surface area (Å²) in [6.45, 7) is 14.7. The maximum absolute atomic E-state index is 12.7. The van der Waals surface area contributed by atoms with Gasteiger partial charge < -0.3 is 26.0 Å². The van der Waals surface area contributed by atoms with Crippen LogP contribution in [0.3, 0.4) is 0 Å². The van der Waals surface area contributed by atoms with Crippen molar-refractivity contribution in [3.63, 3.8) is 0 Å². The number of benzene rings is 1. The number of nitrogens with two attached hydrogens (primary N) is 1. The second-order valence-corrected chi connectivity index (χ2v) is 13.4. The average Bonchev–Trinajstić information content (AvgIpc) is 2.91. The van der Waals surface area contributed by atoms with E-state index in [0.29, 0.717) is 11.7 Å². The average molecular weight is 592 g/mol. The highest BCUT2D eigenvalue weighted by atomic mass is 35.5. The predicted octanol–water partition coefficient (Wildman–Crippen LogP) is 5.23. The summed E-state index contributed by atoms with van der Waals surface area (Å²) >= 11 is 6.38. The number of sulfone groups is 1. The molecule has 1 fully saturated rings. The van der Waals surface area contributed by atoms with Crippen LogP contribution in [-0.2, 0) is 9.84 Å². The van der Waals surface area contributed by atoms with E-state index in [-0.39, 0.29) is 33.6 Å². The van der Waals surface area contributed by atoms with Crippen molar-refractivity contribution in [3.05, 3.63) is 45.2 Å². The van der Waals surface area contributed by atoms with Gasteiger partial charge in [-0.3, -0.25) is 4.99 Å². The number of aryl methyl sites for hydroxylation is 1. The standard InChI is InChI=1S/C28H42ClN7O3S/c1-8-36-11-9-20(10-12-36)21-14-25(39-17(2)3)23(13-19(21)6)34-28-32-15-22(29)27(35-28)33-24(16-31-7)26(30)40(37,38)18(4)5/h13-18,20H,8-12,30H2,1-7H3,(H2,32,33,34,35). The molecule has 0 unspecified atom stereocenters. The maximum Gasteiger partial charge on any atom is 0.229 e. The number of allylic oxidation sites excluding steroid dienone is 1. The van der Waals surface area contributed by atoms with E-state index in [0.717, 1.165) is 43.7 Å². The molecule has 3 rings (SSSR count). The zero-order valence-corrected chi connectivity index (χ0v) is 26.0. The first-order valence-electron chi connectivity index (χ1n) is 13.6. The molecule has 0 spiro atoms. The van der Waals surface area contributed by atoms with Crippen LogP contribution < -0.4 is 21.1 Å². The SMILES string of the molecule is CCN1CCC(c2cc(OC(C)C)c(Nc3ncc(Cl)c(NC(C=NC)=C(N)S(=O)(=O)C(C)C)n3)cc2C)CC1. The number of nitrogens with one attached hydrogen (secondary N) is 2. The number of aliphatic imine (C=N–C) groups is 1. The van der Waals surface area contributed by atoms with E-state index < -0.39 is 15.1 Å². The van der Waals surface area contributed by atoms with Gasteiger partial charge in [0.05, 0.1) is 28.9 Å². The zero-order chi connectivity index (χ0) is 29.6. The summed E-state index contributed by atoms with van der Waals surface area (Å²) < 4.78 is 31.6. The summed E-state index contributed by atoms with van der Waals surface area (Å²) in [4.78, 5) is 15.3. The molecule has 0 aliphatic carbocycles. The number of aromatic nitrogens is 2. The first kappa shape index (κ1) is 31.6. The fraction of sp³-hybridized carbons (Fsp3) is 0.536. The maximum atomic E-state index is 12.7. The van der Waals surface area contributed by atoms with Crippen molar-refractivity contribution in [3.8, 4) is 5.75 Å². The van der Waals surface area contributed by atoms with Crippen LogP contribution in [0, 0.1) is 6.92 Å². The van der Waals surface area contributed by atoms with Crippen LogP contribution in [0.1, 0.15) is 64.5 Å². The van der Waals surface area contributed by atoms with Crippen LogP contribution in [0.5, 0.6) is 5.75 Å². The van der Waals surface area contributed by atoms with Gasteiger partial charge >= 0.3 is 0 Å². The first-order valence-corrected chi connectivity index (χ1v) is 15.6. The van der Waals surface area contributed by atoms with Gasteiger partial charge in [0.1, 0.15) is 10.8 Å². The Bertz CT molecular complexity index is 1350. The lowest BCUT2D eigenvalue weighted by Gasteiger charge is -2.32. The molecule has 1 aromatic carbocycles. The minimum atomic E-state index is -3.75. The third-order valence-electron chi connectivity index (χ3n) is 6.90. The minimum Gasteiger partial charge on any atom is -0.489 e. The van der Waals surface area contributed by atoms with E-state index >= 15 is 0 Å². The normalized spacial score (nSPS) is 16.1. The fourth-order valence-corrected chi connectivity index (χ4v) is 5.67. The zero-order valence-electron chi connectivity index (χ0n) is 24.5. The number of nitrogens with zero attached hydrogens (tertiary/aromatic N) is 4. The molecule has 1 aliphatic rings. The second kappa shape index (κ2) is 13.6. The quantitative estimate of drug-likeness (QED) is 0.300. The number of ether oxygens (including phenoxy) is 1. The monoisotopic (exact) mass is 591 g/mol. The second-order valence-electron chi connectivity index (χ2n) is 10.5. The summed E-state index contributed by atoms with van der Waals surface area (Å²) in [7, 11) is -2.23. The smallest absolute Gasteiger partial charge is 0.229 e. The Balaban J connectivity index is 1.95. The van der Waals surface area contributed by atoms with Crippen LogP contribution >= 0.6 is 11.6 Å². The van der Waals surface area contributed by atoms with Gasteiger partial charge in [-0.15, -0.1) is 0 Å². The number of hydrogen-bond acceptors (Lipinski definition) is 10. The van der Waals surface area contributed by atoms with E-state index in [9.17, 15) is 8.42 Å². The third kappa shape index (κ3) is 7.64. The van der Waals surface area contributed by atoms with Crippen LogP contribution in [0.4, 0.5) is 17.5 Å². The molecule has 2 aromatic rings. The van der Waals surface area contributed by atoms with E-state index in [2.05, 4.69) is 56.5 Å². The Morgan fingerprint density at radius 1 is 1.27 bits per heavy atom. The molecule has 220 valence electrons. The van der Waals surface area contributed by atoms with Gasteiger partial charge in [0.15, 0.2) is 20.7 Å². The predicted molar refractivity (Wildman–Crippen MR) is 165 cm³/mol. The van der Waals surface area contributed by atoms with Crippen molar-refractivity contribution in [2.45, 2.75) is 71.7 Å². The van der Waals surface area contributed by atoms with Gasteiger partial charge in [-0.25, -0.2) is 13.4 Å². The lowest BCUT2D eigenvalue weighted by Crippen LogP contribution is -2.32. The van der Waals surface area contributed by atoms with Crippen molar-refractivity contribution in [2.75, 3.05) is 37.3 Å². The lowest BCUT2D eigenvalue weighted by molar-refractivity contribution is 0.221. The lowest BCUT2D eigenvalue weighted by atomic mass is 9.86. The van der Waals surface area contributed by atoms with Crippen LogP contribution in [0.2, 0.25) is 5.02 Å². The molecule has 12 heteroatoms. The number of hydrogen-bond donors (Lipinski definition) is 3. The van der Waals surface area contributed by atoms with Crippen molar-refractivity contribution >= 4 is 45.1 Å². The Morgan fingerprint density at radius 3 is 2.52 bits per heavy atom. The number of anilines is 3. The molecule has 40 heavy (non-hydrogen) atoms. The van der Waals surface area contributed by atoms with E-state index in [4.69, 9.17) is 22.1 Å². The largest absolute Gasteiger partial charge is 0.489 e. The molecule has 1 saturated heterocycles. The van der Waals surface area contributed by atoms with E-state index in [1.165, 1.54) is 25.0 Å². The van der Waals surface area contributed by atoms with Crippen molar-refractivity contribution in [2.24, 2.45) is 10.7 Å². The van der Waals surface area contributed by atoms with E-state index in [1.807, 2.05) is 13.8 Å². The number of piperidine rings is 1. The first-order chi connectivity index (χ1) is 18.9. The highest BCUT2D eigenvalue weighted by Gasteiger charge is 2.25. The number of halogens is 1. The van der Waals surface area contributed by atoms with Crippen LogP contribution in [0.15, 0.2) is 34.0 Å². The molecule has 2 heterocycles. The molecule has 1 aromatic heterocycles. The summed E-state index contributed by atoms with van der Waals surface area (Å²) in [5, 5.41) is 5.31. The van der Waals surface area contributed by atoms with Gasteiger partial charge in [-0.1, -0.05) is 18.5 Å². The molecule has 1 aliphatic heterocycles. The van der Waals surface area contributed by atoms with Crippen LogP contribution in [0.25, 0.3) is 0 Å². The molecular formula is C28H42ClN7O3S. The Hall–Kier alpha value is -2.89. The summed E-state index contributed by atoms with van der Waals surface area (Å²) in [6, 6.07) is 4.20. The van der Waals surface area contributed by atoms with Gasteiger partial charge in [0, 0.05) is 13.3 Å². The van der Waals surface area contributed by atoms with Gasteiger partial charge in [-0.05, 0) is 96.3 Å². The molecule has 0 saturated carbocycles. The Labute approximate surface area is 243 Å². The number of likely N-dealkylation sites (tertiary alicyclic amines) is 1. The summed E-state index contributed by atoms with van der Waals surface area (Å²) in [5.41, 5.74) is 9.29. The highest BCUT2D eigenvalue weighted by molar-refractivity contribution is 7.95. The van der Waals surface area contributed by atoms with Gasteiger partial charge in [0.25, 0.3) is 0 Å².